The van der Waals surface area contributed by atoms with Gasteiger partial charge in [-0.1, -0.05) is 19.1 Å². The summed E-state index contributed by atoms with van der Waals surface area (Å²) >= 11 is 4.86. The van der Waals surface area contributed by atoms with Crippen molar-refractivity contribution in [2.75, 3.05) is 19.7 Å². The van der Waals surface area contributed by atoms with Crippen molar-refractivity contribution in [2.24, 2.45) is 5.73 Å². The van der Waals surface area contributed by atoms with Gasteiger partial charge in [0, 0.05) is 24.2 Å². The van der Waals surface area contributed by atoms with Gasteiger partial charge in [-0.3, -0.25) is 4.90 Å². The second-order valence-electron chi connectivity index (χ2n) is 3.76. The van der Waals surface area contributed by atoms with Crippen molar-refractivity contribution in [3.63, 3.8) is 0 Å². The van der Waals surface area contributed by atoms with Crippen molar-refractivity contribution in [1.29, 1.82) is 0 Å². The fourth-order valence-corrected chi connectivity index (χ4v) is 1.71. The summed E-state index contributed by atoms with van der Waals surface area (Å²) in [6.45, 7) is 3.74. The third-order valence-corrected chi connectivity index (χ3v) is 2.82. The normalized spacial score (nSPS) is 10.8. The van der Waals surface area contributed by atoms with Crippen molar-refractivity contribution in [3.05, 3.63) is 35.1 Å². The number of nitrogens with two attached hydrogens (primary N) is 1. The maximum absolute atomic E-state index is 13.6. The first kappa shape index (κ1) is 14.0. The number of aliphatic hydroxyl groups is 1. The summed E-state index contributed by atoms with van der Waals surface area (Å²) in [6, 6.07) is 4.61. The monoisotopic (exact) mass is 256 g/mol. The molecular weight excluding hydrogens is 239 g/mol. The van der Waals surface area contributed by atoms with Crippen LogP contribution in [0, 0.1) is 5.82 Å². The molecule has 0 aromatic heterocycles. The molecule has 0 atom stereocenters. The van der Waals surface area contributed by atoms with Crippen LogP contribution in [0.1, 0.15) is 18.1 Å². The molecule has 0 saturated heterocycles. The maximum atomic E-state index is 13.6. The van der Waals surface area contributed by atoms with E-state index in [2.05, 4.69) is 0 Å². The highest BCUT2D eigenvalue weighted by atomic mass is 32.1. The molecular formula is C12H17FN2OS. The molecule has 0 saturated carbocycles. The van der Waals surface area contributed by atoms with E-state index in [1.807, 2.05) is 11.8 Å². The smallest absolute Gasteiger partial charge is 0.127 e. The molecule has 0 amide bonds. The molecule has 94 valence electrons. The Kier molecular flexibility index (Phi) is 5.47. The van der Waals surface area contributed by atoms with Gasteiger partial charge in [-0.05, 0) is 24.7 Å². The number of nitrogens with zero attached hydrogens (tertiary/aromatic N) is 1. The molecule has 0 heterocycles. The number of hydrogen-bond donors (Lipinski definition) is 2. The van der Waals surface area contributed by atoms with Gasteiger partial charge in [-0.2, -0.15) is 0 Å². The average molecular weight is 256 g/mol. The molecule has 0 unspecified atom stereocenters. The predicted octanol–water partition coefficient (Wildman–Crippen LogP) is 1.27. The Bertz CT molecular complexity index is 398. The van der Waals surface area contributed by atoms with Crippen LogP contribution in [0.5, 0.6) is 0 Å². The molecule has 0 aliphatic carbocycles. The van der Waals surface area contributed by atoms with Crippen molar-refractivity contribution in [2.45, 2.75) is 13.5 Å². The Morgan fingerprint density at radius 3 is 2.76 bits per heavy atom. The Morgan fingerprint density at radius 1 is 1.53 bits per heavy atom. The zero-order valence-electron chi connectivity index (χ0n) is 9.82. The lowest BCUT2D eigenvalue weighted by molar-refractivity contribution is 0.195. The number of thiocarbonyl (C=S) groups is 1. The van der Waals surface area contributed by atoms with Crippen molar-refractivity contribution in [3.8, 4) is 0 Å². The number of benzene rings is 1. The molecule has 5 heteroatoms. The lowest BCUT2D eigenvalue weighted by Crippen LogP contribution is -2.26. The second-order valence-corrected chi connectivity index (χ2v) is 4.20. The average Bonchev–Trinajstić information content (AvgIpc) is 2.30. The van der Waals surface area contributed by atoms with Crippen molar-refractivity contribution < 1.29 is 9.50 Å². The first-order chi connectivity index (χ1) is 8.08. The van der Waals surface area contributed by atoms with Gasteiger partial charge >= 0.3 is 0 Å². The van der Waals surface area contributed by atoms with Gasteiger partial charge in [-0.25, -0.2) is 4.39 Å². The highest BCUT2D eigenvalue weighted by Gasteiger charge is 2.09. The molecule has 3 N–H and O–H groups in total. The Balaban J connectivity index is 2.88. The van der Waals surface area contributed by atoms with E-state index in [4.69, 9.17) is 23.1 Å². The molecule has 3 nitrogen and oxygen atoms in total. The van der Waals surface area contributed by atoms with E-state index in [-0.39, 0.29) is 17.4 Å². The van der Waals surface area contributed by atoms with Gasteiger partial charge in [0.25, 0.3) is 0 Å². The largest absolute Gasteiger partial charge is 0.395 e. The van der Waals surface area contributed by atoms with Crippen molar-refractivity contribution >= 4 is 17.2 Å². The number of halogens is 1. The van der Waals surface area contributed by atoms with Crippen LogP contribution in [0.3, 0.4) is 0 Å². The molecule has 0 fully saturated rings. The minimum Gasteiger partial charge on any atom is -0.395 e. The standard InChI is InChI=1S/C12H17FN2OS/c1-2-15(5-6-16)8-10-7-9(12(14)17)3-4-11(10)13/h3-4,7,16H,2,5-6,8H2,1H3,(H2,14,17). The van der Waals surface area contributed by atoms with E-state index < -0.39 is 0 Å². The number of rotatable bonds is 6. The first-order valence-electron chi connectivity index (χ1n) is 5.50. The molecule has 0 radical (unpaired) electrons. The van der Waals surface area contributed by atoms with Crippen LogP contribution < -0.4 is 5.73 Å². The summed E-state index contributed by atoms with van der Waals surface area (Å²) in [7, 11) is 0. The first-order valence-corrected chi connectivity index (χ1v) is 5.90. The summed E-state index contributed by atoms with van der Waals surface area (Å²) in [5, 5.41) is 8.88. The Labute approximate surface area is 106 Å². The zero-order valence-corrected chi connectivity index (χ0v) is 10.6. The van der Waals surface area contributed by atoms with E-state index in [9.17, 15) is 4.39 Å². The van der Waals surface area contributed by atoms with E-state index in [1.165, 1.54) is 6.07 Å². The minimum atomic E-state index is -0.276. The molecule has 0 aliphatic heterocycles. The minimum absolute atomic E-state index is 0.0600. The van der Waals surface area contributed by atoms with Gasteiger partial charge in [-0.15, -0.1) is 0 Å². The van der Waals surface area contributed by atoms with Gasteiger partial charge in [0.2, 0.25) is 0 Å². The Morgan fingerprint density at radius 2 is 2.24 bits per heavy atom. The third kappa shape index (κ3) is 4.03. The van der Waals surface area contributed by atoms with Crippen LogP contribution in [0.4, 0.5) is 4.39 Å². The highest BCUT2D eigenvalue weighted by Crippen LogP contribution is 2.13. The second kappa shape index (κ2) is 6.64. The predicted molar refractivity (Wildman–Crippen MR) is 70.3 cm³/mol. The summed E-state index contributed by atoms with van der Waals surface area (Å²) in [5.74, 6) is -0.276. The summed E-state index contributed by atoms with van der Waals surface area (Å²) < 4.78 is 13.6. The topological polar surface area (TPSA) is 49.5 Å². The fraction of sp³-hybridized carbons (Fsp3) is 0.417. The molecule has 0 spiro atoms. The Hall–Kier alpha value is -1.04. The highest BCUT2D eigenvalue weighted by molar-refractivity contribution is 7.80. The lowest BCUT2D eigenvalue weighted by Gasteiger charge is -2.19. The summed E-state index contributed by atoms with van der Waals surface area (Å²) in [6.07, 6.45) is 0. The molecule has 17 heavy (non-hydrogen) atoms. The van der Waals surface area contributed by atoms with Gasteiger partial charge < -0.3 is 10.8 Å². The van der Waals surface area contributed by atoms with Gasteiger partial charge in [0.1, 0.15) is 10.8 Å². The van der Waals surface area contributed by atoms with E-state index in [0.717, 1.165) is 6.54 Å². The van der Waals surface area contributed by atoms with Gasteiger partial charge in [0.05, 0.1) is 6.61 Å². The molecule has 0 aliphatic rings. The SMILES string of the molecule is CCN(CCO)Cc1cc(C(N)=S)ccc1F. The van der Waals surface area contributed by atoms with Crippen LogP contribution in [0.2, 0.25) is 0 Å². The summed E-state index contributed by atoms with van der Waals surface area (Å²) in [4.78, 5) is 2.21. The van der Waals surface area contributed by atoms with Crippen LogP contribution in [-0.4, -0.2) is 34.7 Å². The molecule has 0 bridgehead atoms. The fourth-order valence-electron chi connectivity index (χ4n) is 1.58. The molecule has 1 aromatic rings. The van der Waals surface area contributed by atoms with Crippen molar-refractivity contribution in [1.82, 2.24) is 4.90 Å². The van der Waals surface area contributed by atoms with Crippen LogP contribution in [0.25, 0.3) is 0 Å². The summed E-state index contributed by atoms with van der Waals surface area (Å²) in [5.41, 5.74) is 6.72. The van der Waals surface area contributed by atoms with Crippen LogP contribution >= 0.6 is 12.2 Å². The van der Waals surface area contributed by atoms with E-state index in [0.29, 0.717) is 24.2 Å². The third-order valence-electron chi connectivity index (χ3n) is 2.59. The maximum Gasteiger partial charge on any atom is 0.127 e. The molecule has 1 rings (SSSR count). The van der Waals surface area contributed by atoms with Crippen LogP contribution in [-0.2, 0) is 6.54 Å². The molecule has 1 aromatic carbocycles. The zero-order chi connectivity index (χ0) is 12.8. The number of likely N-dealkylation sites (N-methyl/N-ethyl adjacent to an activating group) is 1. The van der Waals surface area contributed by atoms with E-state index in [1.54, 1.807) is 12.1 Å². The quantitative estimate of drug-likeness (QED) is 0.753. The van der Waals surface area contributed by atoms with Crippen LogP contribution in [0.15, 0.2) is 18.2 Å². The number of hydrogen-bond acceptors (Lipinski definition) is 3. The number of aliphatic hydroxyl groups excluding tert-OH is 1. The lowest BCUT2D eigenvalue weighted by atomic mass is 10.1. The van der Waals surface area contributed by atoms with E-state index >= 15 is 0 Å². The van der Waals surface area contributed by atoms with Gasteiger partial charge in [0.15, 0.2) is 0 Å².